The fraction of sp³-hybridized carbons (Fsp3) is 0.353. The van der Waals surface area contributed by atoms with Gasteiger partial charge in [0.2, 0.25) is 5.91 Å². The molecule has 0 aliphatic carbocycles. The summed E-state index contributed by atoms with van der Waals surface area (Å²) in [4.78, 5) is 15.3. The summed E-state index contributed by atoms with van der Waals surface area (Å²) in [7, 11) is 5.34. The molecule has 1 rings (SSSR count). The van der Waals surface area contributed by atoms with Gasteiger partial charge in [0.25, 0.3) is 0 Å². The maximum atomic E-state index is 13.7. The first-order valence-electron chi connectivity index (χ1n) is 6.83. The van der Waals surface area contributed by atoms with Gasteiger partial charge in [-0.25, -0.2) is 8.78 Å². The van der Waals surface area contributed by atoms with E-state index in [0.717, 1.165) is 6.07 Å². The lowest BCUT2D eigenvalue weighted by Crippen LogP contribution is -2.36. The molecular weight excluding hydrogens is 286 g/mol. The summed E-state index contributed by atoms with van der Waals surface area (Å²) in [6.07, 6.45) is 8.74. The third-order valence-corrected chi connectivity index (χ3v) is 3.17. The summed E-state index contributed by atoms with van der Waals surface area (Å²) in [6.45, 7) is 0.632. The highest BCUT2D eigenvalue weighted by Gasteiger charge is 2.18. The minimum Gasteiger partial charge on any atom is -0.328 e. The second-order valence-electron chi connectivity index (χ2n) is 5.24. The maximum Gasteiger partial charge on any atom is 0.247 e. The number of terminal acetylenes is 1. The van der Waals surface area contributed by atoms with E-state index in [0.29, 0.717) is 6.54 Å². The van der Waals surface area contributed by atoms with E-state index in [-0.39, 0.29) is 17.9 Å². The van der Waals surface area contributed by atoms with Crippen LogP contribution in [0.1, 0.15) is 5.56 Å². The monoisotopic (exact) mass is 306 g/mol. The third-order valence-electron chi connectivity index (χ3n) is 3.17. The van der Waals surface area contributed by atoms with Crippen molar-refractivity contribution in [1.29, 1.82) is 0 Å². The van der Waals surface area contributed by atoms with Gasteiger partial charge in [-0.3, -0.25) is 4.79 Å². The second-order valence-corrected chi connectivity index (χ2v) is 5.24. The molecule has 22 heavy (non-hydrogen) atoms. The summed E-state index contributed by atoms with van der Waals surface area (Å²) >= 11 is 0. The standard InChI is InChI=1S/C17H20F2N2O/c1-5-15(11-13-8-9-14(18)12-16(13)19)21(4)17(22)7-6-10-20(2)3/h1,6-9,12,15H,10-11H2,2-4H3/b7-6+. The maximum absolute atomic E-state index is 13.7. The number of hydrogen-bond donors (Lipinski definition) is 0. The molecule has 0 saturated heterocycles. The molecule has 118 valence electrons. The van der Waals surface area contributed by atoms with Crippen LogP contribution in [0.5, 0.6) is 0 Å². The van der Waals surface area contributed by atoms with E-state index in [1.807, 2.05) is 19.0 Å². The Morgan fingerprint density at radius 3 is 2.59 bits per heavy atom. The second kappa shape index (κ2) is 8.30. The highest BCUT2D eigenvalue weighted by atomic mass is 19.1. The highest BCUT2D eigenvalue weighted by Crippen LogP contribution is 2.14. The van der Waals surface area contributed by atoms with Crippen LogP contribution in [0.15, 0.2) is 30.4 Å². The molecule has 1 amide bonds. The number of nitrogens with zero attached hydrogens (tertiary/aromatic N) is 2. The number of halogens is 2. The van der Waals surface area contributed by atoms with Crippen molar-refractivity contribution in [3.8, 4) is 12.3 Å². The Morgan fingerprint density at radius 1 is 1.36 bits per heavy atom. The Labute approximate surface area is 130 Å². The van der Waals surface area contributed by atoms with Crippen LogP contribution >= 0.6 is 0 Å². The smallest absolute Gasteiger partial charge is 0.247 e. The van der Waals surface area contributed by atoms with Crippen molar-refractivity contribution in [2.24, 2.45) is 0 Å². The van der Waals surface area contributed by atoms with Crippen LogP contribution in [0.3, 0.4) is 0 Å². The number of amides is 1. The van der Waals surface area contributed by atoms with Crippen LogP contribution in [-0.4, -0.2) is 49.4 Å². The number of carbonyl (C=O) groups excluding carboxylic acids is 1. The zero-order valence-corrected chi connectivity index (χ0v) is 13.0. The molecule has 5 heteroatoms. The summed E-state index contributed by atoms with van der Waals surface area (Å²) in [6, 6.07) is 2.72. The van der Waals surface area contributed by atoms with Crippen molar-refractivity contribution in [2.75, 3.05) is 27.7 Å². The van der Waals surface area contributed by atoms with Crippen molar-refractivity contribution in [2.45, 2.75) is 12.5 Å². The lowest BCUT2D eigenvalue weighted by atomic mass is 10.0. The number of carbonyl (C=O) groups is 1. The molecule has 0 radical (unpaired) electrons. The van der Waals surface area contributed by atoms with Gasteiger partial charge in [0, 0.05) is 32.2 Å². The SMILES string of the molecule is C#CC(Cc1ccc(F)cc1F)N(C)C(=O)/C=C/CN(C)C. The molecule has 0 aliphatic heterocycles. The number of rotatable bonds is 6. The van der Waals surface area contributed by atoms with Gasteiger partial charge in [-0.1, -0.05) is 18.1 Å². The first kappa shape index (κ1) is 17.9. The van der Waals surface area contributed by atoms with Crippen LogP contribution in [-0.2, 0) is 11.2 Å². The molecule has 1 atom stereocenters. The van der Waals surface area contributed by atoms with E-state index in [1.54, 1.807) is 13.1 Å². The Hall–Kier alpha value is -2.19. The number of likely N-dealkylation sites (N-methyl/N-ethyl adjacent to an activating group) is 2. The average Bonchev–Trinajstić information content (AvgIpc) is 2.45. The van der Waals surface area contributed by atoms with Gasteiger partial charge < -0.3 is 9.80 Å². The quantitative estimate of drug-likeness (QED) is 0.593. The molecule has 0 heterocycles. The van der Waals surface area contributed by atoms with Gasteiger partial charge in [0.1, 0.15) is 11.6 Å². The minimum absolute atomic E-state index is 0.131. The molecule has 0 aromatic heterocycles. The lowest BCUT2D eigenvalue weighted by molar-refractivity contribution is -0.125. The Balaban J connectivity index is 2.76. The van der Waals surface area contributed by atoms with Gasteiger partial charge in [0.05, 0.1) is 6.04 Å². The fourth-order valence-electron chi connectivity index (χ4n) is 1.84. The van der Waals surface area contributed by atoms with Crippen molar-refractivity contribution < 1.29 is 13.6 Å². The molecule has 0 saturated carbocycles. The summed E-state index contributed by atoms with van der Waals surface area (Å²) < 4.78 is 26.6. The topological polar surface area (TPSA) is 23.6 Å². The molecule has 0 N–H and O–H groups in total. The van der Waals surface area contributed by atoms with Crippen molar-refractivity contribution >= 4 is 5.91 Å². The van der Waals surface area contributed by atoms with Crippen LogP contribution in [0.4, 0.5) is 8.78 Å². The highest BCUT2D eigenvalue weighted by molar-refractivity contribution is 5.87. The van der Waals surface area contributed by atoms with Crippen LogP contribution in [0.2, 0.25) is 0 Å². The lowest BCUT2D eigenvalue weighted by Gasteiger charge is -2.23. The van der Waals surface area contributed by atoms with Crippen LogP contribution < -0.4 is 0 Å². The predicted octanol–water partition coefficient (Wildman–Crippen LogP) is 2.09. The third kappa shape index (κ3) is 5.30. The first-order valence-corrected chi connectivity index (χ1v) is 6.83. The molecule has 3 nitrogen and oxygen atoms in total. The fourth-order valence-corrected chi connectivity index (χ4v) is 1.84. The average molecular weight is 306 g/mol. The molecule has 1 unspecified atom stereocenters. The van der Waals surface area contributed by atoms with E-state index in [1.165, 1.54) is 23.1 Å². The largest absolute Gasteiger partial charge is 0.328 e. The summed E-state index contributed by atoms with van der Waals surface area (Å²) in [5.41, 5.74) is 0.279. The Bertz CT molecular complexity index is 591. The van der Waals surface area contributed by atoms with E-state index >= 15 is 0 Å². The van der Waals surface area contributed by atoms with E-state index in [2.05, 4.69) is 5.92 Å². The van der Waals surface area contributed by atoms with Gasteiger partial charge in [-0.15, -0.1) is 6.42 Å². The van der Waals surface area contributed by atoms with E-state index in [9.17, 15) is 13.6 Å². The van der Waals surface area contributed by atoms with Crippen LogP contribution in [0.25, 0.3) is 0 Å². The summed E-state index contributed by atoms with van der Waals surface area (Å²) in [5, 5.41) is 0. The first-order chi connectivity index (χ1) is 10.3. The predicted molar refractivity (Wildman–Crippen MR) is 83.1 cm³/mol. The normalized spacial score (nSPS) is 12.4. The van der Waals surface area contributed by atoms with Gasteiger partial charge in [-0.05, 0) is 25.7 Å². The van der Waals surface area contributed by atoms with Gasteiger partial charge in [0.15, 0.2) is 0 Å². The van der Waals surface area contributed by atoms with Crippen molar-refractivity contribution in [3.63, 3.8) is 0 Å². The zero-order chi connectivity index (χ0) is 16.7. The molecule has 0 fully saturated rings. The van der Waals surface area contributed by atoms with Crippen LogP contribution in [0, 0.1) is 24.0 Å². The van der Waals surface area contributed by atoms with E-state index < -0.39 is 17.7 Å². The Morgan fingerprint density at radius 2 is 2.05 bits per heavy atom. The summed E-state index contributed by atoms with van der Waals surface area (Å²) in [5.74, 6) is 0.909. The van der Waals surface area contributed by atoms with Crippen molar-refractivity contribution in [3.05, 3.63) is 47.5 Å². The molecule has 0 bridgehead atoms. The number of benzene rings is 1. The van der Waals surface area contributed by atoms with Crippen molar-refractivity contribution in [1.82, 2.24) is 9.80 Å². The molecule has 1 aromatic carbocycles. The van der Waals surface area contributed by atoms with E-state index in [4.69, 9.17) is 6.42 Å². The molecule has 0 spiro atoms. The molecule has 0 aliphatic rings. The number of hydrogen-bond acceptors (Lipinski definition) is 2. The Kier molecular flexibility index (Phi) is 6.74. The molecular formula is C17H20F2N2O. The zero-order valence-electron chi connectivity index (χ0n) is 13.0. The molecule has 1 aromatic rings. The van der Waals surface area contributed by atoms with Gasteiger partial charge >= 0.3 is 0 Å². The van der Waals surface area contributed by atoms with Gasteiger partial charge in [-0.2, -0.15) is 0 Å². The minimum atomic E-state index is -0.663.